The number of piperidine rings is 1. The molecule has 4 rings (SSSR count). The van der Waals surface area contributed by atoms with Crippen molar-refractivity contribution in [2.24, 2.45) is 5.92 Å². The van der Waals surface area contributed by atoms with E-state index in [-0.39, 0.29) is 5.91 Å². The summed E-state index contributed by atoms with van der Waals surface area (Å²) in [4.78, 5) is 15.3. The number of nitrogens with one attached hydrogen (secondary N) is 1. The van der Waals surface area contributed by atoms with Gasteiger partial charge in [-0.25, -0.2) is 4.68 Å². The highest BCUT2D eigenvalue weighted by atomic mass is 16.3. The minimum atomic E-state index is -0.126. The summed E-state index contributed by atoms with van der Waals surface area (Å²) in [5.74, 6) is 1.25. The lowest BCUT2D eigenvalue weighted by Crippen LogP contribution is -2.40. The van der Waals surface area contributed by atoms with Crippen molar-refractivity contribution in [1.82, 2.24) is 20.0 Å². The summed E-state index contributed by atoms with van der Waals surface area (Å²) in [6.07, 6.45) is 4.15. The average Bonchev–Trinajstić information content (AvgIpc) is 3.38. The number of rotatable bonds is 6. The first kappa shape index (κ1) is 18.5. The van der Waals surface area contributed by atoms with Gasteiger partial charge in [0.25, 0.3) is 5.91 Å². The van der Waals surface area contributed by atoms with Gasteiger partial charge in [-0.2, -0.15) is 5.10 Å². The maximum absolute atomic E-state index is 12.9. The van der Waals surface area contributed by atoms with E-state index in [2.05, 4.69) is 22.2 Å². The number of aromatic nitrogens is 2. The van der Waals surface area contributed by atoms with Gasteiger partial charge in [-0.15, -0.1) is 0 Å². The van der Waals surface area contributed by atoms with Crippen molar-refractivity contribution in [3.63, 3.8) is 0 Å². The molecule has 1 aromatic carbocycles. The number of benzene rings is 1. The number of nitrogens with zero attached hydrogens (tertiary/aromatic N) is 3. The molecule has 3 aromatic rings. The van der Waals surface area contributed by atoms with Crippen molar-refractivity contribution in [2.45, 2.75) is 19.8 Å². The third kappa shape index (κ3) is 4.17. The van der Waals surface area contributed by atoms with Crippen molar-refractivity contribution in [2.75, 3.05) is 26.2 Å². The zero-order valence-electron chi connectivity index (χ0n) is 16.2. The van der Waals surface area contributed by atoms with Crippen LogP contribution >= 0.6 is 0 Å². The molecule has 0 saturated carbocycles. The number of carbonyl (C=O) groups is 1. The second-order valence-corrected chi connectivity index (χ2v) is 7.44. The van der Waals surface area contributed by atoms with E-state index < -0.39 is 0 Å². The molecule has 0 bridgehead atoms. The highest BCUT2D eigenvalue weighted by Crippen LogP contribution is 2.22. The van der Waals surface area contributed by atoms with E-state index in [9.17, 15) is 4.79 Å². The molecule has 1 aliphatic rings. The molecule has 1 saturated heterocycles. The quantitative estimate of drug-likeness (QED) is 0.712. The van der Waals surface area contributed by atoms with E-state index in [0.717, 1.165) is 31.2 Å². The molecule has 0 aliphatic carbocycles. The third-order valence-electron chi connectivity index (χ3n) is 5.17. The van der Waals surface area contributed by atoms with Crippen molar-refractivity contribution >= 4 is 5.91 Å². The molecule has 1 aliphatic heterocycles. The molecule has 2 aromatic heterocycles. The number of hydrogen-bond donors (Lipinski definition) is 1. The second-order valence-electron chi connectivity index (χ2n) is 7.44. The largest absolute Gasteiger partial charge is 0.463 e. The Hall–Kier alpha value is -2.86. The van der Waals surface area contributed by atoms with E-state index >= 15 is 0 Å². The van der Waals surface area contributed by atoms with Gasteiger partial charge in [0.1, 0.15) is 11.4 Å². The van der Waals surface area contributed by atoms with Crippen LogP contribution in [0.3, 0.4) is 0 Å². The van der Waals surface area contributed by atoms with Crippen LogP contribution < -0.4 is 5.32 Å². The fourth-order valence-corrected chi connectivity index (χ4v) is 3.76. The standard InChI is InChI=1S/C22H26N4O2/c1-17-7-5-12-25(16-17)13-11-23-22(27)20-15-19(21-10-6-14-28-21)24-26(20)18-8-3-2-4-9-18/h2-4,6,8-10,14-15,17H,5,7,11-13,16H2,1H3,(H,23,27)/t17-/m0/s1. The van der Waals surface area contributed by atoms with Gasteiger partial charge in [-0.05, 0) is 49.6 Å². The molecular weight excluding hydrogens is 352 g/mol. The van der Waals surface area contributed by atoms with Crippen LogP contribution in [0.25, 0.3) is 17.1 Å². The SMILES string of the molecule is C[C@H]1CCCN(CCNC(=O)c2cc(-c3ccco3)nn2-c2ccccc2)C1. The van der Waals surface area contributed by atoms with Crippen molar-refractivity contribution in [3.05, 3.63) is 60.5 Å². The molecule has 0 spiro atoms. The molecule has 6 nitrogen and oxygen atoms in total. The number of furan rings is 1. The molecular formula is C22H26N4O2. The molecule has 0 unspecified atom stereocenters. The molecule has 28 heavy (non-hydrogen) atoms. The van der Waals surface area contributed by atoms with Crippen molar-refractivity contribution in [3.8, 4) is 17.1 Å². The fraction of sp³-hybridized carbons (Fsp3) is 0.364. The Kier molecular flexibility index (Phi) is 5.58. The van der Waals surface area contributed by atoms with Gasteiger partial charge in [-0.1, -0.05) is 25.1 Å². The van der Waals surface area contributed by atoms with Gasteiger partial charge in [0, 0.05) is 25.7 Å². The maximum atomic E-state index is 12.9. The maximum Gasteiger partial charge on any atom is 0.270 e. The van der Waals surface area contributed by atoms with E-state index in [1.165, 1.54) is 12.8 Å². The lowest BCUT2D eigenvalue weighted by molar-refractivity contribution is 0.0936. The molecule has 3 heterocycles. The summed E-state index contributed by atoms with van der Waals surface area (Å²) in [7, 11) is 0. The summed E-state index contributed by atoms with van der Waals surface area (Å²) < 4.78 is 7.14. The van der Waals surface area contributed by atoms with Crippen LogP contribution in [0.2, 0.25) is 0 Å². The normalized spacial score (nSPS) is 17.5. The van der Waals surface area contributed by atoms with Crippen molar-refractivity contribution in [1.29, 1.82) is 0 Å². The van der Waals surface area contributed by atoms with E-state index in [1.807, 2.05) is 42.5 Å². The fourth-order valence-electron chi connectivity index (χ4n) is 3.76. The Morgan fingerprint density at radius 3 is 2.86 bits per heavy atom. The Morgan fingerprint density at radius 2 is 2.11 bits per heavy atom. The predicted octanol–water partition coefficient (Wildman–Crippen LogP) is 3.59. The first-order valence-corrected chi connectivity index (χ1v) is 9.90. The number of amides is 1. The van der Waals surface area contributed by atoms with Crippen LogP contribution in [0.5, 0.6) is 0 Å². The minimum Gasteiger partial charge on any atom is -0.463 e. The topological polar surface area (TPSA) is 63.3 Å². The van der Waals surface area contributed by atoms with E-state index in [1.54, 1.807) is 17.0 Å². The monoisotopic (exact) mass is 378 g/mol. The third-order valence-corrected chi connectivity index (χ3v) is 5.17. The zero-order chi connectivity index (χ0) is 19.3. The smallest absolute Gasteiger partial charge is 0.270 e. The van der Waals surface area contributed by atoms with Crippen LogP contribution in [0, 0.1) is 5.92 Å². The molecule has 146 valence electrons. The molecule has 1 atom stereocenters. The summed E-state index contributed by atoms with van der Waals surface area (Å²) in [5, 5.41) is 7.66. The Bertz CT molecular complexity index is 902. The van der Waals surface area contributed by atoms with Crippen molar-refractivity contribution < 1.29 is 9.21 Å². The summed E-state index contributed by atoms with van der Waals surface area (Å²) in [5.41, 5.74) is 1.99. The Balaban J connectivity index is 1.50. The highest BCUT2D eigenvalue weighted by Gasteiger charge is 2.20. The van der Waals surface area contributed by atoms with Crippen LogP contribution in [0.4, 0.5) is 0 Å². The lowest BCUT2D eigenvalue weighted by Gasteiger charge is -2.30. The highest BCUT2D eigenvalue weighted by molar-refractivity contribution is 5.94. The van der Waals surface area contributed by atoms with Gasteiger partial charge in [0.05, 0.1) is 12.0 Å². The number of hydrogen-bond acceptors (Lipinski definition) is 4. The Morgan fingerprint density at radius 1 is 1.25 bits per heavy atom. The average molecular weight is 378 g/mol. The zero-order valence-corrected chi connectivity index (χ0v) is 16.2. The first-order valence-electron chi connectivity index (χ1n) is 9.90. The van der Waals surface area contributed by atoms with Gasteiger partial charge < -0.3 is 14.6 Å². The summed E-state index contributed by atoms with van der Waals surface area (Å²) >= 11 is 0. The van der Waals surface area contributed by atoms with Crippen LogP contribution in [-0.4, -0.2) is 46.8 Å². The molecule has 1 amide bonds. The Labute approximate surface area is 165 Å². The predicted molar refractivity (Wildman–Crippen MR) is 108 cm³/mol. The van der Waals surface area contributed by atoms with Gasteiger partial charge in [0.2, 0.25) is 0 Å². The van der Waals surface area contributed by atoms with Gasteiger partial charge in [0.15, 0.2) is 5.76 Å². The first-order chi connectivity index (χ1) is 13.7. The molecule has 6 heteroatoms. The summed E-state index contributed by atoms with van der Waals surface area (Å²) in [6, 6.07) is 15.1. The van der Waals surface area contributed by atoms with Gasteiger partial charge in [-0.3, -0.25) is 4.79 Å². The van der Waals surface area contributed by atoms with Crippen LogP contribution in [-0.2, 0) is 0 Å². The van der Waals surface area contributed by atoms with E-state index in [4.69, 9.17) is 4.42 Å². The van der Waals surface area contributed by atoms with Gasteiger partial charge >= 0.3 is 0 Å². The molecule has 1 N–H and O–H groups in total. The number of carbonyl (C=O) groups excluding carboxylic acids is 1. The number of para-hydroxylation sites is 1. The van der Waals surface area contributed by atoms with E-state index in [0.29, 0.717) is 23.7 Å². The molecule has 0 radical (unpaired) electrons. The van der Waals surface area contributed by atoms with Crippen LogP contribution in [0.15, 0.2) is 59.2 Å². The lowest BCUT2D eigenvalue weighted by atomic mass is 10.0. The van der Waals surface area contributed by atoms with Crippen LogP contribution in [0.1, 0.15) is 30.3 Å². The second kappa shape index (κ2) is 8.44. The number of likely N-dealkylation sites (tertiary alicyclic amines) is 1. The minimum absolute atomic E-state index is 0.126. The molecule has 1 fully saturated rings. The summed E-state index contributed by atoms with van der Waals surface area (Å²) in [6.45, 7) is 6.02.